The molecule has 2 aliphatic rings. The molecule has 1 aromatic rings. The van der Waals surface area contributed by atoms with Crippen molar-refractivity contribution in [1.82, 2.24) is 14.9 Å². The van der Waals surface area contributed by atoms with E-state index in [1.807, 2.05) is 13.1 Å². The highest BCUT2D eigenvalue weighted by Crippen LogP contribution is 2.33. The maximum atomic E-state index is 12.5. The molecule has 1 unspecified atom stereocenters. The minimum absolute atomic E-state index is 0.183. The fourth-order valence-electron chi connectivity index (χ4n) is 3.53. The predicted octanol–water partition coefficient (Wildman–Crippen LogP) is 2.96. The summed E-state index contributed by atoms with van der Waals surface area (Å²) in [4.78, 5) is 22.2. The molecule has 2 heterocycles. The second-order valence-electron chi connectivity index (χ2n) is 6.05. The maximum Gasteiger partial charge on any atom is 0.223 e. The Bertz CT molecular complexity index is 448. The molecule has 1 aliphatic heterocycles. The van der Waals surface area contributed by atoms with Crippen molar-refractivity contribution in [1.29, 1.82) is 0 Å². The van der Waals surface area contributed by atoms with Crippen LogP contribution in [0.5, 0.6) is 0 Å². The number of aryl methyl sites for hydroxylation is 1. The smallest absolute Gasteiger partial charge is 0.223 e. The quantitative estimate of drug-likeness (QED) is 0.909. The summed E-state index contributed by atoms with van der Waals surface area (Å²) >= 11 is 0. The number of aromatic amines is 1. The zero-order valence-electron chi connectivity index (χ0n) is 11.7. The molecule has 19 heavy (non-hydrogen) atoms. The van der Waals surface area contributed by atoms with E-state index < -0.39 is 0 Å². The lowest BCUT2D eigenvalue weighted by Gasteiger charge is -2.24. The van der Waals surface area contributed by atoms with Gasteiger partial charge in [0, 0.05) is 24.9 Å². The fraction of sp³-hybridized carbons (Fsp3) is 0.733. The molecule has 3 rings (SSSR count). The van der Waals surface area contributed by atoms with Crippen molar-refractivity contribution in [2.24, 2.45) is 5.92 Å². The second-order valence-corrected chi connectivity index (χ2v) is 6.05. The Kier molecular flexibility index (Phi) is 3.58. The third-order valence-corrected chi connectivity index (χ3v) is 4.55. The van der Waals surface area contributed by atoms with Gasteiger partial charge in [-0.1, -0.05) is 12.8 Å². The average molecular weight is 261 g/mol. The number of likely N-dealkylation sites (tertiary alicyclic amines) is 1. The fourth-order valence-corrected chi connectivity index (χ4v) is 3.53. The van der Waals surface area contributed by atoms with E-state index in [9.17, 15) is 4.79 Å². The van der Waals surface area contributed by atoms with Crippen LogP contribution in [0.3, 0.4) is 0 Å². The highest BCUT2D eigenvalue weighted by atomic mass is 16.2. The summed E-state index contributed by atoms with van der Waals surface area (Å²) in [5.41, 5.74) is 1.07. The van der Waals surface area contributed by atoms with Gasteiger partial charge in [-0.2, -0.15) is 0 Å². The Labute approximate surface area is 114 Å². The van der Waals surface area contributed by atoms with Gasteiger partial charge >= 0.3 is 0 Å². The van der Waals surface area contributed by atoms with Gasteiger partial charge in [0.25, 0.3) is 0 Å². The van der Waals surface area contributed by atoms with Crippen molar-refractivity contribution < 1.29 is 4.79 Å². The molecule has 1 aromatic heterocycles. The number of imidazole rings is 1. The normalized spacial score (nSPS) is 24.3. The number of carbonyl (C=O) groups excluding carboxylic acids is 1. The standard InChI is InChI=1S/C15H23N3O/c1-11-10-16-15(17-11)13-7-4-8-18(13)14(19)9-12-5-2-3-6-12/h10,12-13H,2-9H2,1H3,(H,16,17). The number of nitrogens with one attached hydrogen (secondary N) is 1. The van der Waals surface area contributed by atoms with Crippen LogP contribution in [0.15, 0.2) is 6.20 Å². The summed E-state index contributed by atoms with van der Waals surface area (Å²) in [6, 6.07) is 0.183. The number of amides is 1. The van der Waals surface area contributed by atoms with Crippen molar-refractivity contribution in [3.63, 3.8) is 0 Å². The van der Waals surface area contributed by atoms with Gasteiger partial charge in [0.1, 0.15) is 5.82 Å². The topological polar surface area (TPSA) is 49.0 Å². The van der Waals surface area contributed by atoms with Crippen LogP contribution in [0.1, 0.15) is 62.5 Å². The van der Waals surface area contributed by atoms with E-state index in [0.29, 0.717) is 11.8 Å². The van der Waals surface area contributed by atoms with Gasteiger partial charge < -0.3 is 9.88 Å². The monoisotopic (exact) mass is 261 g/mol. The molecule has 1 N–H and O–H groups in total. The predicted molar refractivity (Wildman–Crippen MR) is 73.6 cm³/mol. The van der Waals surface area contributed by atoms with E-state index in [2.05, 4.69) is 14.9 Å². The Balaban J connectivity index is 1.66. The average Bonchev–Trinajstić information content (AvgIpc) is 3.07. The van der Waals surface area contributed by atoms with Crippen LogP contribution in [0.25, 0.3) is 0 Å². The molecule has 4 nitrogen and oxygen atoms in total. The Morgan fingerprint density at radius 1 is 1.37 bits per heavy atom. The number of rotatable bonds is 3. The SMILES string of the molecule is Cc1cnc(C2CCCN2C(=O)CC2CCCC2)[nH]1. The third-order valence-electron chi connectivity index (χ3n) is 4.55. The van der Waals surface area contributed by atoms with E-state index in [0.717, 1.165) is 37.3 Å². The highest BCUT2D eigenvalue weighted by Gasteiger charge is 2.33. The lowest BCUT2D eigenvalue weighted by atomic mass is 10.0. The van der Waals surface area contributed by atoms with Crippen LogP contribution in [-0.2, 0) is 4.79 Å². The van der Waals surface area contributed by atoms with Crippen LogP contribution in [0.4, 0.5) is 0 Å². The lowest BCUT2D eigenvalue weighted by molar-refractivity contribution is -0.133. The van der Waals surface area contributed by atoms with Crippen molar-refractivity contribution in [3.8, 4) is 0 Å². The molecule has 104 valence electrons. The molecule has 1 atom stereocenters. The summed E-state index contributed by atoms with van der Waals surface area (Å²) in [5.74, 6) is 1.94. The number of H-pyrrole nitrogens is 1. The zero-order valence-corrected chi connectivity index (χ0v) is 11.7. The first-order valence-electron chi connectivity index (χ1n) is 7.55. The summed E-state index contributed by atoms with van der Waals surface area (Å²) < 4.78 is 0. The first-order chi connectivity index (χ1) is 9.24. The van der Waals surface area contributed by atoms with Crippen molar-refractivity contribution >= 4 is 5.91 Å². The van der Waals surface area contributed by atoms with E-state index in [1.54, 1.807) is 0 Å². The van der Waals surface area contributed by atoms with Crippen molar-refractivity contribution in [3.05, 3.63) is 17.7 Å². The van der Waals surface area contributed by atoms with E-state index in [4.69, 9.17) is 0 Å². The zero-order chi connectivity index (χ0) is 13.2. The minimum atomic E-state index is 0.183. The van der Waals surface area contributed by atoms with Crippen LogP contribution in [0, 0.1) is 12.8 Å². The molecule has 0 bridgehead atoms. The van der Waals surface area contributed by atoms with Gasteiger partial charge in [-0.05, 0) is 38.5 Å². The third kappa shape index (κ3) is 2.67. The van der Waals surface area contributed by atoms with Gasteiger partial charge in [-0.3, -0.25) is 4.79 Å². The minimum Gasteiger partial charge on any atom is -0.344 e. The Hall–Kier alpha value is -1.32. The van der Waals surface area contributed by atoms with E-state index >= 15 is 0 Å². The van der Waals surface area contributed by atoms with Crippen molar-refractivity contribution in [2.45, 2.75) is 57.9 Å². The molecule has 0 aromatic carbocycles. The van der Waals surface area contributed by atoms with Crippen LogP contribution in [0.2, 0.25) is 0 Å². The summed E-state index contributed by atoms with van der Waals surface area (Å²) in [6.45, 7) is 2.91. The van der Waals surface area contributed by atoms with Gasteiger partial charge in [-0.15, -0.1) is 0 Å². The molecule has 1 saturated carbocycles. The molecule has 0 radical (unpaired) electrons. The van der Waals surface area contributed by atoms with E-state index in [1.165, 1.54) is 25.7 Å². The largest absolute Gasteiger partial charge is 0.344 e. The number of nitrogens with zero attached hydrogens (tertiary/aromatic N) is 2. The molecule has 1 amide bonds. The number of hydrogen-bond donors (Lipinski definition) is 1. The molecule has 1 aliphatic carbocycles. The molecular weight excluding hydrogens is 238 g/mol. The van der Waals surface area contributed by atoms with Crippen molar-refractivity contribution in [2.75, 3.05) is 6.54 Å². The first-order valence-corrected chi connectivity index (χ1v) is 7.55. The van der Waals surface area contributed by atoms with Gasteiger partial charge in [0.15, 0.2) is 0 Å². The van der Waals surface area contributed by atoms with Gasteiger partial charge in [-0.25, -0.2) is 4.98 Å². The lowest BCUT2D eigenvalue weighted by Crippen LogP contribution is -2.32. The Morgan fingerprint density at radius 3 is 2.84 bits per heavy atom. The first kappa shape index (κ1) is 12.7. The van der Waals surface area contributed by atoms with Crippen LogP contribution in [-0.4, -0.2) is 27.3 Å². The van der Waals surface area contributed by atoms with E-state index in [-0.39, 0.29) is 6.04 Å². The highest BCUT2D eigenvalue weighted by molar-refractivity contribution is 5.77. The van der Waals surface area contributed by atoms with Gasteiger partial charge in [0.05, 0.1) is 6.04 Å². The van der Waals surface area contributed by atoms with Crippen LogP contribution >= 0.6 is 0 Å². The molecule has 0 spiro atoms. The molecule has 1 saturated heterocycles. The maximum absolute atomic E-state index is 12.5. The molecular formula is C15H23N3O. The van der Waals surface area contributed by atoms with Crippen LogP contribution < -0.4 is 0 Å². The summed E-state index contributed by atoms with van der Waals surface area (Å²) in [7, 11) is 0. The summed E-state index contributed by atoms with van der Waals surface area (Å²) in [5, 5.41) is 0. The summed E-state index contributed by atoms with van der Waals surface area (Å²) in [6.07, 6.45) is 9.83. The number of aromatic nitrogens is 2. The number of carbonyl (C=O) groups is 1. The second kappa shape index (κ2) is 5.35. The Morgan fingerprint density at radius 2 is 2.16 bits per heavy atom. The molecule has 2 fully saturated rings. The molecule has 4 heteroatoms. The van der Waals surface area contributed by atoms with Gasteiger partial charge in [0.2, 0.25) is 5.91 Å². The number of hydrogen-bond acceptors (Lipinski definition) is 2.